The second-order valence-electron chi connectivity index (χ2n) is 8.46. The van der Waals surface area contributed by atoms with Gasteiger partial charge >= 0.3 is 0 Å². The fourth-order valence-corrected chi connectivity index (χ4v) is 4.34. The molecule has 2 unspecified atom stereocenters. The van der Waals surface area contributed by atoms with Crippen molar-refractivity contribution in [3.63, 3.8) is 0 Å². The van der Waals surface area contributed by atoms with Crippen molar-refractivity contribution in [2.75, 3.05) is 27.3 Å². The van der Waals surface area contributed by atoms with Crippen LogP contribution in [0.1, 0.15) is 36.3 Å². The highest BCUT2D eigenvalue weighted by molar-refractivity contribution is 5.83. The predicted octanol–water partition coefficient (Wildman–Crippen LogP) is 3.36. The Morgan fingerprint density at radius 1 is 0.968 bits per heavy atom. The SMILES string of the molecule is COc1ccc(C2CC(C(=O)NCc3ccccc3)CN(C(=O)C3CC3)C2)cc1OC. The second-order valence-corrected chi connectivity index (χ2v) is 8.46. The summed E-state index contributed by atoms with van der Waals surface area (Å²) in [6, 6.07) is 15.7. The molecule has 6 heteroatoms. The number of amides is 2. The van der Waals surface area contributed by atoms with Gasteiger partial charge in [0, 0.05) is 31.5 Å². The van der Waals surface area contributed by atoms with Crippen molar-refractivity contribution in [1.29, 1.82) is 0 Å². The summed E-state index contributed by atoms with van der Waals surface area (Å²) >= 11 is 0. The summed E-state index contributed by atoms with van der Waals surface area (Å²) in [4.78, 5) is 27.8. The van der Waals surface area contributed by atoms with Crippen molar-refractivity contribution in [2.24, 2.45) is 11.8 Å². The number of piperidine rings is 1. The van der Waals surface area contributed by atoms with Gasteiger partial charge in [0.05, 0.1) is 20.1 Å². The maximum atomic E-state index is 13.0. The first-order valence-electron chi connectivity index (χ1n) is 10.9. The van der Waals surface area contributed by atoms with Crippen LogP contribution in [0.15, 0.2) is 48.5 Å². The van der Waals surface area contributed by atoms with Crippen molar-refractivity contribution < 1.29 is 19.1 Å². The predicted molar refractivity (Wildman–Crippen MR) is 118 cm³/mol. The first-order valence-corrected chi connectivity index (χ1v) is 10.9. The smallest absolute Gasteiger partial charge is 0.225 e. The standard InChI is InChI=1S/C25H30N2O4/c1-30-22-11-10-19(13-23(22)31-2)20-12-21(16-27(15-20)25(29)18-8-9-18)24(28)26-14-17-6-4-3-5-7-17/h3-7,10-11,13,18,20-21H,8-9,12,14-16H2,1-2H3,(H,26,28). The molecule has 2 aliphatic rings. The number of nitrogens with zero attached hydrogens (tertiary/aromatic N) is 1. The van der Waals surface area contributed by atoms with Gasteiger partial charge in [0.1, 0.15) is 0 Å². The van der Waals surface area contributed by atoms with Crippen LogP contribution < -0.4 is 14.8 Å². The van der Waals surface area contributed by atoms with Gasteiger partial charge in [-0.3, -0.25) is 9.59 Å². The Hall–Kier alpha value is -3.02. The Balaban J connectivity index is 1.51. The molecule has 0 radical (unpaired) electrons. The number of rotatable bonds is 7. The highest BCUT2D eigenvalue weighted by atomic mass is 16.5. The summed E-state index contributed by atoms with van der Waals surface area (Å²) in [7, 11) is 3.23. The topological polar surface area (TPSA) is 67.9 Å². The van der Waals surface area contributed by atoms with Crippen LogP contribution in [0.3, 0.4) is 0 Å². The molecule has 4 rings (SSSR count). The van der Waals surface area contributed by atoms with Crippen molar-refractivity contribution in [1.82, 2.24) is 10.2 Å². The fraction of sp³-hybridized carbons (Fsp3) is 0.440. The summed E-state index contributed by atoms with van der Waals surface area (Å²) < 4.78 is 10.8. The lowest BCUT2D eigenvalue weighted by atomic mass is 9.83. The largest absolute Gasteiger partial charge is 0.493 e. The minimum absolute atomic E-state index is 0.00243. The first-order chi connectivity index (χ1) is 15.1. The molecule has 1 heterocycles. The normalized spacial score (nSPS) is 20.8. The van der Waals surface area contributed by atoms with Crippen LogP contribution >= 0.6 is 0 Å². The molecular weight excluding hydrogens is 392 g/mol. The molecule has 0 spiro atoms. The number of benzene rings is 2. The molecule has 1 saturated carbocycles. The summed E-state index contributed by atoms with van der Waals surface area (Å²) in [6.45, 7) is 1.61. The number of hydrogen-bond acceptors (Lipinski definition) is 4. The molecule has 2 fully saturated rings. The molecule has 1 N–H and O–H groups in total. The highest BCUT2D eigenvalue weighted by Gasteiger charge is 2.39. The van der Waals surface area contributed by atoms with Gasteiger partial charge < -0.3 is 19.7 Å². The number of carbonyl (C=O) groups excluding carboxylic acids is 2. The molecule has 2 amide bonds. The van der Waals surface area contributed by atoms with Crippen molar-refractivity contribution in [3.05, 3.63) is 59.7 Å². The molecule has 2 aromatic rings. The summed E-state index contributed by atoms with van der Waals surface area (Å²) in [5.74, 6) is 1.49. The van der Waals surface area contributed by atoms with Crippen LogP contribution in [0.4, 0.5) is 0 Å². The molecule has 31 heavy (non-hydrogen) atoms. The number of likely N-dealkylation sites (tertiary alicyclic amines) is 1. The van der Waals surface area contributed by atoms with Gasteiger partial charge in [0.2, 0.25) is 11.8 Å². The van der Waals surface area contributed by atoms with E-state index in [0.29, 0.717) is 37.6 Å². The molecular formula is C25H30N2O4. The Bertz CT molecular complexity index is 926. The number of methoxy groups -OCH3 is 2. The van der Waals surface area contributed by atoms with Gasteiger partial charge in [-0.2, -0.15) is 0 Å². The number of ether oxygens (including phenoxy) is 2. The summed E-state index contributed by atoms with van der Waals surface area (Å²) in [5.41, 5.74) is 2.13. The van der Waals surface area contributed by atoms with E-state index in [4.69, 9.17) is 9.47 Å². The Morgan fingerprint density at radius 3 is 2.39 bits per heavy atom. The van der Waals surface area contributed by atoms with E-state index >= 15 is 0 Å². The van der Waals surface area contributed by atoms with E-state index in [1.807, 2.05) is 53.4 Å². The molecule has 0 aromatic heterocycles. The van der Waals surface area contributed by atoms with Crippen LogP contribution in [0.25, 0.3) is 0 Å². The van der Waals surface area contributed by atoms with Gasteiger partial charge in [-0.1, -0.05) is 36.4 Å². The van der Waals surface area contributed by atoms with Crippen molar-refractivity contribution in [3.8, 4) is 11.5 Å². The van der Waals surface area contributed by atoms with Gasteiger partial charge in [-0.25, -0.2) is 0 Å². The number of nitrogens with one attached hydrogen (secondary N) is 1. The molecule has 2 aromatic carbocycles. The summed E-state index contributed by atoms with van der Waals surface area (Å²) in [6.07, 6.45) is 2.62. The third kappa shape index (κ3) is 5.01. The lowest BCUT2D eigenvalue weighted by molar-refractivity contribution is -0.137. The lowest BCUT2D eigenvalue weighted by Crippen LogP contribution is -2.48. The average Bonchev–Trinajstić information content (AvgIpc) is 3.67. The van der Waals surface area contributed by atoms with Crippen LogP contribution in [0.2, 0.25) is 0 Å². The van der Waals surface area contributed by atoms with Crippen LogP contribution in [-0.4, -0.2) is 44.0 Å². The Morgan fingerprint density at radius 2 is 1.71 bits per heavy atom. The molecule has 2 atom stereocenters. The number of carbonyl (C=O) groups is 2. The maximum Gasteiger partial charge on any atom is 0.225 e. The minimum atomic E-state index is -0.238. The lowest BCUT2D eigenvalue weighted by Gasteiger charge is -2.37. The zero-order valence-corrected chi connectivity index (χ0v) is 18.2. The van der Waals surface area contributed by atoms with Gasteiger partial charge in [0.15, 0.2) is 11.5 Å². The minimum Gasteiger partial charge on any atom is -0.493 e. The Kier molecular flexibility index (Phi) is 6.44. The van der Waals surface area contributed by atoms with E-state index < -0.39 is 0 Å². The second kappa shape index (κ2) is 9.41. The molecule has 164 valence electrons. The molecule has 0 bridgehead atoms. The van der Waals surface area contributed by atoms with E-state index in [1.54, 1.807) is 14.2 Å². The van der Waals surface area contributed by atoms with Crippen LogP contribution in [-0.2, 0) is 16.1 Å². The van der Waals surface area contributed by atoms with Crippen molar-refractivity contribution in [2.45, 2.75) is 31.7 Å². The fourth-order valence-electron chi connectivity index (χ4n) is 4.34. The molecule has 6 nitrogen and oxygen atoms in total. The molecule has 1 saturated heterocycles. The zero-order chi connectivity index (χ0) is 21.8. The quantitative estimate of drug-likeness (QED) is 0.743. The van der Waals surface area contributed by atoms with Crippen LogP contribution in [0.5, 0.6) is 11.5 Å². The molecule has 1 aliphatic carbocycles. The third-order valence-corrected chi connectivity index (χ3v) is 6.25. The maximum absolute atomic E-state index is 13.0. The van der Waals surface area contributed by atoms with Gasteiger partial charge in [-0.05, 0) is 42.5 Å². The van der Waals surface area contributed by atoms with E-state index in [0.717, 1.165) is 24.0 Å². The zero-order valence-electron chi connectivity index (χ0n) is 18.2. The monoisotopic (exact) mass is 422 g/mol. The van der Waals surface area contributed by atoms with E-state index in [1.165, 1.54) is 0 Å². The molecule has 1 aliphatic heterocycles. The third-order valence-electron chi connectivity index (χ3n) is 6.25. The van der Waals surface area contributed by atoms with Gasteiger partial charge in [0.25, 0.3) is 0 Å². The van der Waals surface area contributed by atoms with Crippen molar-refractivity contribution >= 4 is 11.8 Å². The van der Waals surface area contributed by atoms with Gasteiger partial charge in [-0.15, -0.1) is 0 Å². The summed E-state index contributed by atoms with van der Waals surface area (Å²) in [5, 5.41) is 3.06. The van der Waals surface area contributed by atoms with E-state index in [-0.39, 0.29) is 29.6 Å². The Labute approximate surface area is 183 Å². The van der Waals surface area contributed by atoms with Crippen LogP contribution in [0, 0.1) is 11.8 Å². The highest BCUT2D eigenvalue weighted by Crippen LogP contribution is 2.38. The van der Waals surface area contributed by atoms with E-state index in [2.05, 4.69) is 5.32 Å². The average molecular weight is 423 g/mol. The van der Waals surface area contributed by atoms with E-state index in [9.17, 15) is 9.59 Å². The first kappa shape index (κ1) is 21.2. The number of hydrogen-bond donors (Lipinski definition) is 1.